The maximum absolute atomic E-state index is 11.3. The van der Waals surface area contributed by atoms with Crippen LogP contribution >= 0.6 is 0 Å². The van der Waals surface area contributed by atoms with Gasteiger partial charge in [0.1, 0.15) is 5.82 Å². The van der Waals surface area contributed by atoms with Crippen LogP contribution in [0.15, 0.2) is 17.1 Å². The number of rotatable bonds is 4. The Balaban J connectivity index is 2.68. The Morgan fingerprint density at radius 2 is 2.33 bits per heavy atom. The van der Waals surface area contributed by atoms with Crippen molar-refractivity contribution < 1.29 is 5.11 Å². The summed E-state index contributed by atoms with van der Waals surface area (Å²) in [6.07, 6.45) is 0.937. The Morgan fingerprint density at radius 3 is 2.87 bits per heavy atom. The molecule has 15 heavy (non-hydrogen) atoms. The second-order valence-corrected chi connectivity index (χ2v) is 3.70. The summed E-state index contributed by atoms with van der Waals surface area (Å²) in [5.74, 6) is 0.193. The van der Waals surface area contributed by atoms with Gasteiger partial charge in [-0.1, -0.05) is 0 Å². The molecular weight excluding hydrogens is 196 g/mol. The summed E-state index contributed by atoms with van der Waals surface area (Å²) in [5.41, 5.74) is 4.91. The molecule has 0 spiro atoms. The van der Waals surface area contributed by atoms with E-state index in [1.54, 1.807) is 0 Å². The maximum Gasteiger partial charge on any atom is 0.349 e. The van der Waals surface area contributed by atoms with Crippen LogP contribution in [0.1, 0.15) is 0 Å². The first kappa shape index (κ1) is 11.7. The number of nitrogens with zero attached hydrogens (tertiary/aromatic N) is 3. The molecule has 3 N–H and O–H groups in total. The van der Waals surface area contributed by atoms with E-state index in [1.165, 1.54) is 16.8 Å². The molecule has 0 aliphatic carbocycles. The van der Waals surface area contributed by atoms with Crippen molar-refractivity contribution in [1.29, 1.82) is 0 Å². The molecule has 1 unspecified atom stereocenters. The lowest BCUT2D eigenvalue weighted by atomic mass is 10.3. The second kappa shape index (κ2) is 4.90. The van der Waals surface area contributed by atoms with E-state index >= 15 is 0 Å². The van der Waals surface area contributed by atoms with Crippen molar-refractivity contribution in [2.45, 2.75) is 12.6 Å². The van der Waals surface area contributed by atoms with Gasteiger partial charge >= 0.3 is 5.69 Å². The largest absolute Gasteiger partial charge is 0.390 e. The van der Waals surface area contributed by atoms with Crippen molar-refractivity contribution >= 4 is 5.82 Å². The summed E-state index contributed by atoms with van der Waals surface area (Å²) >= 11 is 0. The van der Waals surface area contributed by atoms with Crippen molar-refractivity contribution in [2.75, 3.05) is 26.4 Å². The molecule has 0 radical (unpaired) electrons. The lowest BCUT2D eigenvalue weighted by Crippen LogP contribution is -2.34. The molecule has 0 aliphatic heterocycles. The third-order valence-electron chi connectivity index (χ3n) is 1.88. The summed E-state index contributed by atoms with van der Waals surface area (Å²) in [6, 6.07) is 1.53. The van der Waals surface area contributed by atoms with Crippen LogP contribution in [0, 0.1) is 0 Å². The minimum Gasteiger partial charge on any atom is -0.390 e. The Bertz CT molecular complexity index is 375. The molecule has 1 aromatic heterocycles. The normalized spacial score (nSPS) is 13.1. The van der Waals surface area contributed by atoms with E-state index in [0.717, 1.165) is 0 Å². The summed E-state index contributed by atoms with van der Waals surface area (Å²) in [6.45, 7) is 0.723. The molecular formula is C9H16N4O2. The molecule has 1 aromatic rings. The highest BCUT2D eigenvalue weighted by molar-refractivity contribution is 5.23. The Kier molecular flexibility index (Phi) is 3.81. The zero-order chi connectivity index (χ0) is 11.4. The fourth-order valence-electron chi connectivity index (χ4n) is 1.29. The number of aromatic nitrogens is 2. The Morgan fingerprint density at radius 1 is 1.67 bits per heavy atom. The summed E-state index contributed by atoms with van der Waals surface area (Å²) in [5, 5.41) is 9.61. The third-order valence-corrected chi connectivity index (χ3v) is 1.88. The minimum atomic E-state index is -0.594. The topological polar surface area (TPSA) is 84.4 Å². The van der Waals surface area contributed by atoms with Crippen LogP contribution in [0.5, 0.6) is 0 Å². The average Bonchev–Trinajstić information content (AvgIpc) is 2.08. The van der Waals surface area contributed by atoms with Gasteiger partial charge in [0.15, 0.2) is 0 Å². The van der Waals surface area contributed by atoms with Crippen molar-refractivity contribution in [2.24, 2.45) is 0 Å². The molecule has 84 valence electrons. The third kappa shape index (κ3) is 3.69. The predicted octanol–water partition coefficient (Wildman–Crippen LogP) is -1.25. The molecule has 0 amide bonds. The molecule has 0 aromatic carbocycles. The highest BCUT2D eigenvalue weighted by Gasteiger charge is 2.07. The van der Waals surface area contributed by atoms with Gasteiger partial charge in [-0.05, 0) is 20.2 Å². The second-order valence-electron chi connectivity index (χ2n) is 3.70. The number of aliphatic hydroxyl groups excluding tert-OH is 1. The summed E-state index contributed by atoms with van der Waals surface area (Å²) in [4.78, 5) is 16.7. The van der Waals surface area contributed by atoms with Gasteiger partial charge in [-0.25, -0.2) is 4.79 Å². The van der Waals surface area contributed by atoms with E-state index in [2.05, 4.69) is 4.98 Å². The van der Waals surface area contributed by atoms with E-state index in [9.17, 15) is 9.90 Å². The quantitative estimate of drug-likeness (QED) is 0.651. The SMILES string of the molecule is CN(C)CC(O)Cn1ccc(N)nc1=O. The maximum atomic E-state index is 11.3. The van der Waals surface area contributed by atoms with Crippen LogP contribution in [-0.4, -0.2) is 46.3 Å². The molecule has 0 aliphatic rings. The summed E-state index contributed by atoms with van der Waals surface area (Å²) < 4.78 is 1.34. The van der Waals surface area contributed by atoms with Crippen molar-refractivity contribution in [3.63, 3.8) is 0 Å². The molecule has 6 heteroatoms. The van der Waals surface area contributed by atoms with Crippen LogP contribution in [0.25, 0.3) is 0 Å². The first-order chi connectivity index (χ1) is 6.99. The highest BCUT2D eigenvalue weighted by Crippen LogP contribution is 1.93. The molecule has 1 atom stereocenters. The van der Waals surface area contributed by atoms with Gasteiger partial charge < -0.3 is 15.7 Å². The van der Waals surface area contributed by atoms with Gasteiger partial charge in [0.2, 0.25) is 0 Å². The van der Waals surface area contributed by atoms with Gasteiger partial charge in [-0.2, -0.15) is 4.98 Å². The van der Waals surface area contributed by atoms with Gasteiger partial charge in [-0.3, -0.25) is 4.57 Å². The number of aliphatic hydroxyl groups is 1. The van der Waals surface area contributed by atoms with E-state index in [1.807, 2.05) is 19.0 Å². The Labute approximate surface area is 88.0 Å². The van der Waals surface area contributed by atoms with Gasteiger partial charge in [0.05, 0.1) is 12.6 Å². The molecule has 1 heterocycles. The van der Waals surface area contributed by atoms with Crippen molar-refractivity contribution in [3.8, 4) is 0 Å². The number of hydrogen-bond acceptors (Lipinski definition) is 5. The van der Waals surface area contributed by atoms with Crippen LogP contribution in [0.4, 0.5) is 5.82 Å². The molecule has 0 bridgehead atoms. The first-order valence-corrected chi connectivity index (χ1v) is 4.65. The fraction of sp³-hybridized carbons (Fsp3) is 0.556. The van der Waals surface area contributed by atoms with E-state index in [4.69, 9.17) is 5.73 Å². The molecule has 0 saturated heterocycles. The zero-order valence-corrected chi connectivity index (χ0v) is 8.92. The van der Waals surface area contributed by atoms with E-state index in [0.29, 0.717) is 6.54 Å². The van der Waals surface area contributed by atoms with Crippen molar-refractivity contribution in [3.05, 3.63) is 22.7 Å². The van der Waals surface area contributed by atoms with Crippen LogP contribution < -0.4 is 11.4 Å². The smallest absolute Gasteiger partial charge is 0.349 e. The number of anilines is 1. The fourth-order valence-corrected chi connectivity index (χ4v) is 1.29. The van der Waals surface area contributed by atoms with Gasteiger partial charge in [0.25, 0.3) is 0 Å². The van der Waals surface area contributed by atoms with E-state index < -0.39 is 11.8 Å². The molecule has 0 fully saturated rings. The Hall–Kier alpha value is -1.40. The average molecular weight is 212 g/mol. The molecule has 0 saturated carbocycles. The number of hydrogen-bond donors (Lipinski definition) is 2. The van der Waals surface area contributed by atoms with Gasteiger partial charge in [0, 0.05) is 12.7 Å². The summed E-state index contributed by atoms with van der Waals surface area (Å²) in [7, 11) is 3.71. The molecule has 1 rings (SSSR count). The monoisotopic (exact) mass is 212 g/mol. The zero-order valence-electron chi connectivity index (χ0n) is 8.92. The van der Waals surface area contributed by atoms with Crippen LogP contribution in [0.3, 0.4) is 0 Å². The number of nitrogens with two attached hydrogens (primary N) is 1. The molecule has 6 nitrogen and oxygen atoms in total. The van der Waals surface area contributed by atoms with Gasteiger partial charge in [-0.15, -0.1) is 0 Å². The highest BCUT2D eigenvalue weighted by atomic mass is 16.3. The standard InChI is InChI=1S/C9H16N4O2/c1-12(2)5-7(14)6-13-4-3-8(10)11-9(13)15/h3-4,7,14H,5-6H2,1-2H3,(H2,10,11,15). The minimum absolute atomic E-state index is 0.193. The van der Waals surface area contributed by atoms with Crippen LogP contribution in [0.2, 0.25) is 0 Å². The lowest BCUT2D eigenvalue weighted by Gasteiger charge is -2.16. The van der Waals surface area contributed by atoms with Crippen LogP contribution in [-0.2, 0) is 6.54 Å². The van der Waals surface area contributed by atoms with Crippen molar-refractivity contribution in [1.82, 2.24) is 14.5 Å². The van der Waals surface area contributed by atoms with E-state index in [-0.39, 0.29) is 12.4 Å². The first-order valence-electron chi connectivity index (χ1n) is 4.65. The number of likely N-dealkylation sites (N-methyl/N-ethyl adjacent to an activating group) is 1. The predicted molar refractivity (Wildman–Crippen MR) is 57.5 cm³/mol. The number of nitrogen functional groups attached to an aromatic ring is 1. The lowest BCUT2D eigenvalue weighted by molar-refractivity contribution is 0.118.